The molecule has 0 bridgehead atoms. The van der Waals surface area contributed by atoms with E-state index in [1.807, 2.05) is 24.3 Å². The summed E-state index contributed by atoms with van der Waals surface area (Å²) in [4.78, 5) is 23.4. The number of ether oxygens (including phenoxy) is 2. The molecule has 0 heterocycles. The SMILES string of the molecule is CCCCCC(=O)OCc1ccccc1COC(=O)CCCCC. The van der Waals surface area contributed by atoms with Crippen molar-refractivity contribution < 1.29 is 19.1 Å². The van der Waals surface area contributed by atoms with E-state index in [-0.39, 0.29) is 25.2 Å². The fourth-order valence-corrected chi connectivity index (χ4v) is 2.34. The first kappa shape index (κ1) is 20.2. The topological polar surface area (TPSA) is 52.6 Å². The first-order valence-electron chi connectivity index (χ1n) is 9.05. The monoisotopic (exact) mass is 334 g/mol. The third-order valence-electron chi connectivity index (χ3n) is 3.86. The van der Waals surface area contributed by atoms with Crippen molar-refractivity contribution in [1.29, 1.82) is 0 Å². The van der Waals surface area contributed by atoms with Crippen molar-refractivity contribution in [2.45, 2.75) is 78.4 Å². The molecular weight excluding hydrogens is 304 g/mol. The molecule has 0 radical (unpaired) electrons. The summed E-state index contributed by atoms with van der Waals surface area (Å²) in [6, 6.07) is 7.60. The molecule has 1 rings (SSSR count). The molecule has 0 saturated heterocycles. The smallest absolute Gasteiger partial charge is 0.306 e. The van der Waals surface area contributed by atoms with E-state index in [4.69, 9.17) is 9.47 Å². The van der Waals surface area contributed by atoms with Gasteiger partial charge in [0.2, 0.25) is 0 Å². The van der Waals surface area contributed by atoms with E-state index in [9.17, 15) is 9.59 Å². The molecule has 1 aromatic carbocycles. The standard InChI is InChI=1S/C20H30O4/c1-3-5-7-13-19(21)23-15-17-11-9-10-12-18(17)16-24-20(22)14-8-6-4-2/h9-12H,3-8,13-16H2,1-2H3. The van der Waals surface area contributed by atoms with Crippen LogP contribution in [0, 0.1) is 0 Å². The van der Waals surface area contributed by atoms with E-state index in [0.717, 1.165) is 49.7 Å². The fourth-order valence-electron chi connectivity index (χ4n) is 2.34. The Morgan fingerprint density at radius 1 is 0.750 bits per heavy atom. The van der Waals surface area contributed by atoms with Gasteiger partial charge in [-0.3, -0.25) is 9.59 Å². The van der Waals surface area contributed by atoms with E-state index in [1.165, 1.54) is 0 Å². The van der Waals surface area contributed by atoms with Crippen molar-refractivity contribution >= 4 is 11.9 Å². The average molecular weight is 334 g/mol. The maximum Gasteiger partial charge on any atom is 0.306 e. The zero-order valence-corrected chi connectivity index (χ0v) is 15.0. The van der Waals surface area contributed by atoms with Crippen molar-refractivity contribution in [3.05, 3.63) is 35.4 Å². The highest BCUT2D eigenvalue weighted by molar-refractivity contribution is 5.69. The molecule has 1 aromatic rings. The van der Waals surface area contributed by atoms with E-state index in [2.05, 4.69) is 13.8 Å². The molecule has 0 spiro atoms. The minimum atomic E-state index is -0.171. The van der Waals surface area contributed by atoms with E-state index < -0.39 is 0 Å². The largest absolute Gasteiger partial charge is 0.461 e. The lowest BCUT2D eigenvalue weighted by atomic mass is 10.1. The van der Waals surface area contributed by atoms with Gasteiger partial charge in [0, 0.05) is 12.8 Å². The van der Waals surface area contributed by atoms with Crippen molar-refractivity contribution in [3.8, 4) is 0 Å². The number of rotatable bonds is 12. The molecule has 0 aliphatic rings. The Kier molecular flexibility index (Phi) is 10.6. The molecule has 4 heteroatoms. The summed E-state index contributed by atoms with van der Waals surface area (Å²) in [5.74, 6) is -0.343. The van der Waals surface area contributed by atoms with Crippen LogP contribution in [0.4, 0.5) is 0 Å². The molecule has 0 N–H and O–H groups in total. The molecule has 0 saturated carbocycles. The molecule has 0 aliphatic heterocycles. The lowest BCUT2D eigenvalue weighted by Gasteiger charge is -2.11. The fraction of sp³-hybridized carbons (Fsp3) is 0.600. The quantitative estimate of drug-likeness (QED) is 0.401. The van der Waals surface area contributed by atoms with Crippen LogP contribution in [-0.4, -0.2) is 11.9 Å². The van der Waals surface area contributed by atoms with Gasteiger partial charge in [-0.25, -0.2) is 0 Å². The maximum absolute atomic E-state index is 11.7. The summed E-state index contributed by atoms with van der Waals surface area (Å²) < 4.78 is 10.6. The second-order valence-electron chi connectivity index (χ2n) is 6.00. The molecule has 0 aromatic heterocycles. The number of esters is 2. The van der Waals surface area contributed by atoms with Crippen LogP contribution in [0.5, 0.6) is 0 Å². The van der Waals surface area contributed by atoms with Gasteiger partial charge in [0.15, 0.2) is 0 Å². The van der Waals surface area contributed by atoms with Crippen LogP contribution in [0.15, 0.2) is 24.3 Å². The molecule has 0 fully saturated rings. The Morgan fingerprint density at radius 3 is 1.54 bits per heavy atom. The average Bonchev–Trinajstić information content (AvgIpc) is 2.59. The van der Waals surface area contributed by atoms with Crippen LogP contribution in [0.3, 0.4) is 0 Å². The lowest BCUT2D eigenvalue weighted by Crippen LogP contribution is -2.08. The predicted octanol–water partition coefficient (Wildman–Crippen LogP) is 4.93. The summed E-state index contributed by atoms with van der Waals surface area (Å²) >= 11 is 0. The van der Waals surface area contributed by atoms with Gasteiger partial charge in [-0.05, 0) is 24.0 Å². The van der Waals surface area contributed by atoms with Crippen molar-refractivity contribution in [2.75, 3.05) is 0 Å². The Bertz CT molecular complexity index is 451. The first-order valence-corrected chi connectivity index (χ1v) is 9.05. The second kappa shape index (κ2) is 12.6. The van der Waals surface area contributed by atoms with Gasteiger partial charge in [-0.1, -0.05) is 63.8 Å². The first-order chi connectivity index (χ1) is 11.7. The lowest BCUT2D eigenvalue weighted by molar-refractivity contribution is -0.146. The molecule has 0 unspecified atom stereocenters. The highest BCUT2D eigenvalue weighted by Crippen LogP contribution is 2.13. The molecule has 0 amide bonds. The number of benzene rings is 1. The van der Waals surface area contributed by atoms with E-state index in [1.54, 1.807) is 0 Å². The number of unbranched alkanes of at least 4 members (excludes halogenated alkanes) is 4. The second-order valence-corrected chi connectivity index (χ2v) is 6.00. The number of carbonyl (C=O) groups excluding carboxylic acids is 2. The van der Waals surface area contributed by atoms with Gasteiger partial charge in [0.1, 0.15) is 13.2 Å². The van der Waals surface area contributed by atoms with Crippen LogP contribution in [0.1, 0.15) is 76.3 Å². The zero-order valence-electron chi connectivity index (χ0n) is 15.0. The third-order valence-corrected chi connectivity index (χ3v) is 3.86. The molecule has 134 valence electrons. The van der Waals surface area contributed by atoms with Crippen LogP contribution in [0.2, 0.25) is 0 Å². The summed E-state index contributed by atoms with van der Waals surface area (Å²) in [5, 5.41) is 0. The maximum atomic E-state index is 11.7. The Hall–Kier alpha value is -1.84. The number of carbonyl (C=O) groups is 2. The summed E-state index contributed by atoms with van der Waals surface area (Å²) in [6.45, 7) is 4.67. The Balaban J connectivity index is 2.41. The van der Waals surface area contributed by atoms with Gasteiger partial charge < -0.3 is 9.47 Å². The molecule has 0 atom stereocenters. The minimum Gasteiger partial charge on any atom is -0.461 e. The Labute approximate surface area is 145 Å². The number of hydrogen-bond donors (Lipinski definition) is 0. The number of hydrogen-bond acceptors (Lipinski definition) is 4. The van der Waals surface area contributed by atoms with Crippen LogP contribution < -0.4 is 0 Å². The summed E-state index contributed by atoms with van der Waals surface area (Å²) in [6.07, 6.45) is 6.91. The zero-order chi connectivity index (χ0) is 17.6. The summed E-state index contributed by atoms with van der Waals surface area (Å²) in [7, 11) is 0. The van der Waals surface area contributed by atoms with E-state index in [0.29, 0.717) is 12.8 Å². The van der Waals surface area contributed by atoms with E-state index >= 15 is 0 Å². The minimum absolute atomic E-state index is 0.171. The molecule has 4 nitrogen and oxygen atoms in total. The highest BCUT2D eigenvalue weighted by Gasteiger charge is 2.09. The van der Waals surface area contributed by atoms with Gasteiger partial charge in [0.05, 0.1) is 0 Å². The van der Waals surface area contributed by atoms with Gasteiger partial charge >= 0.3 is 11.9 Å². The van der Waals surface area contributed by atoms with Gasteiger partial charge in [-0.2, -0.15) is 0 Å². The van der Waals surface area contributed by atoms with Crippen LogP contribution in [-0.2, 0) is 32.3 Å². The highest BCUT2D eigenvalue weighted by atomic mass is 16.5. The van der Waals surface area contributed by atoms with Crippen molar-refractivity contribution in [1.82, 2.24) is 0 Å². The van der Waals surface area contributed by atoms with Crippen molar-refractivity contribution in [3.63, 3.8) is 0 Å². The third kappa shape index (κ3) is 8.70. The van der Waals surface area contributed by atoms with Gasteiger partial charge in [0.25, 0.3) is 0 Å². The predicted molar refractivity (Wildman–Crippen MR) is 94.3 cm³/mol. The molecule has 24 heavy (non-hydrogen) atoms. The molecular formula is C20H30O4. The van der Waals surface area contributed by atoms with Crippen molar-refractivity contribution in [2.24, 2.45) is 0 Å². The molecule has 0 aliphatic carbocycles. The van der Waals surface area contributed by atoms with Crippen LogP contribution >= 0.6 is 0 Å². The Morgan fingerprint density at radius 2 is 1.17 bits per heavy atom. The summed E-state index contributed by atoms with van der Waals surface area (Å²) in [5.41, 5.74) is 1.78. The normalized spacial score (nSPS) is 10.4. The van der Waals surface area contributed by atoms with Crippen LogP contribution in [0.25, 0.3) is 0 Å². The van der Waals surface area contributed by atoms with Gasteiger partial charge in [-0.15, -0.1) is 0 Å².